The Morgan fingerprint density at radius 3 is 2.92 bits per heavy atom. The van der Waals surface area contributed by atoms with Crippen LogP contribution in [-0.4, -0.2) is 25.2 Å². The van der Waals surface area contributed by atoms with Crippen LogP contribution in [0.25, 0.3) is 0 Å². The molecule has 4 nitrogen and oxygen atoms in total. The maximum atomic E-state index is 10.8. The monoisotopic (exact) mass is 171 g/mol. The topological polar surface area (TPSA) is 55.7 Å². The third-order valence-electron chi connectivity index (χ3n) is 1.18. The molecule has 68 valence electrons. The van der Waals surface area contributed by atoms with Crippen LogP contribution in [0.15, 0.2) is 4.99 Å². The summed E-state index contributed by atoms with van der Waals surface area (Å²) in [5, 5.41) is 0. The largest absolute Gasteiger partial charge is 0.466 e. The molecule has 0 aromatic carbocycles. The maximum Gasteiger partial charge on any atom is 0.305 e. The van der Waals surface area contributed by atoms with E-state index in [1.54, 1.807) is 0 Å². The molecule has 0 amide bonds. The van der Waals surface area contributed by atoms with Gasteiger partial charge < -0.3 is 4.74 Å². The Morgan fingerprint density at radius 2 is 2.33 bits per heavy atom. The number of hydrogen-bond acceptors (Lipinski definition) is 4. The van der Waals surface area contributed by atoms with E-state index in [-0.39, 0.29) is 5.97 Å². The van der Waals surface area contributed by atoms with Crippen LogP contribution in [0, 0.1) is 0 Å². The summed E-state index contributed by atoms with van der Waals surface area (Å²) < 4.78 is 4.79. The highest BCUT2D eigenvalue weighted by Crippen LogP contribution is 1.93. The quantitative estimate of drug-likeness (QED) is 0.260. The lowest BCUT2D eigenvalue weighted by molar-refractivity contribution is -0.143. The molecule has 0 saturated heterocycles. The molecule has 4 heteroatoms. The van der Waals surface area contributed by atoms with Crippen molar-refractivity contribution in [1.29, 1.82) is 0 Å². The van der Waals surface area contributed by atoms with Gasteiger partial charge in [0.25, 0.3) is 0 Å². The van der Waals surface area contributed by atoms with Crippen LogP contribution < -0.4 is 0 Å². The van der Waals surface area contributed by atoms with Gasteiger partial charge in [0, 0.05) is 6.42 Å². The molecule has 12 heavy (non-hydrogen) atoms. The smallest absolute Gasteiger partial charge is 0.305 e. The molecule has 0 aromatic heterocycles. The Bertz CT molecular complexity index is 173. The number of carbonyl (C=O) groups excluding carboxylic acids is 2. The average Bonchev–Trinajstić information content (AvgIpc) is 2.09. The molecule has 0 fully saturated rings. The van der Waals surface area contributed by atoms with Crippen molar-refractivity contribution in [3.63, 3.8) is 0 Å². The molecule has 0 N–H and O–H groups in total. The highest BCUT2D eigenvalue weighted by atomic mass is 16.5. The van der Waals surface area contributed by atoms with Gasteiger partial charge in [-0.25, -0.2) is 9.79 Å². The lowest BCUT2D eigenvalue weighted by Gasteiger charge is -2.00. The molecular weight excluding hydrogens is 158 g/mol. The van der Waals surface area contributed by atoms with Crippen molar-refractivity contribution in [1.82, 2.24) is 0 Å². The first-order valence-corrected chi connectivity index (χ1v) is 4.00. The highest BCUT2D eigenvalue weighted by molar-refractivity contribution is 5.69. The number of hydrogen-bond donors (Lipinski definition) is 0. The van der Waals surface area contributed by atoms with Crippen molar-refractivity contribution in [3.05, 3.63) is 0 Å². The standard InChI is InChI=1S/C8H13NO3/c1-2-6-12-8(11)4-3-5-9-7-10/h2-6H2,1H3. The third-order valence-corrected chi connectivity index (χ3v) is 1.18. The van der Waals surface area contributed by atoms with E-state index in [0.717, 1.165) is 6.42 Å². The van der Waals surface area contributed by atoms with E-state index in [9.17, 15) is 9.59 Å². The Balaban J connectivity index is 3.25. The second-order valence-electron chi connectivity index (χ2n) is 2.30. The summed E-state index contributed by atoms with van der Waals surface area (Å²) >= 11 is 0. The van der Waals surface area contributed by atoms with Gasteiger partial charge in [0.2, 0.25) is 6.08 Å². The van der Waals surface area contributed by atoms with Crippen molar-refractivity contribution in [3.8, 4) is 0 Å². The number of nitrogens with zero attached hydrogens (tertiary/aromatic N) is 1. The summed E-state index contributed by atoms with van der Waals surface area (Å²) in [6, 6.07) is 0. The van der Waals surface area contributed by atoms with Crippen molar-refractivity contribution < 1.29 is 14.3 Å². The van der Waals surface area contributed by atoms with Crippen LogP contribution in [0.3, 0.4) is 0 Å². The van der Waals surface area contributed by atoms with Gasteiger partial charge in [-0.15, -0.1) is 0 Å². The first kappa shape index (κ1) is 10.8. The average molecular weight is 171 g/mol. The van der Waals surface area contributed by atoms with Crippen molar-refractivity contribution >= 4 is 12.0 Å². The molecule has 0 aliphatic carbocycles. The van der Waals surface area contributed by atoms with Gasteiger partial charge >= 0.3 is 5.97 Å². The van der Waals surface area contributed by atoms with E-state index in [1.165, 1.54) is 6.08 Å². The minimum absolute atomic E-state index is 0.224. The third kappa shape index (κ3) is 6.96. The second-order valence-corrected chi connectivity index (χ2v) is 2.30. The number of ether oxygens (including phenoxy) is 1. The number of rotatable bonds is 6. The fraction of sp³-hybridized carbons (Fsp3) is 0.750. The number of esters is 1. The normalized spacial score (nSPS) is 8.75. The zero-order valence-corrected chi connectivity index (χ0v) is 7.21. The molecule has 0 saturated carbocycles. The van der Waals surface area contributed by atoms with E-state index in [0.29, 0.717) is 26.0 Å². The van der Waals surface area contributed by atoms with E-state index in [1.807, 2.05) is 6.92 Å². The molecule has 0 aliphatic heterocycles. The first-order valence-electron chi connectivity index (χ1n) is 4.00. The summed E-state index contributed by atoms with van der Waals surface area (Å²) in [6.45, 7) is 2.75. The predicted octanol–water partition coefficient (Wildman–Crippen LogP) is 1.06. The van der Waals surface area contributed by atoms with Gasteiger partial charge in [-0.05, 0) is 12.8 Å². The lowest BCUT2D eigenvalue weighted by atomic mass is 10.3. The van der Waals surface area contributed by atoms with Gasteiger partial charge in [0.05, 0.1) is 13.2 Å². The Labute approximate surface area is 71.6 Å². The van der Waals surface area contributed by atoms with Gasteiger partial charge in [-0.3, -0.25) is 4.79 Å². The van der Waals surface area contributed by atoms with Gasteiger partial charge in [-0.1, -0.05) is 6.92 Å². The Morgan fingerprint density at radius 1 is 1.58 bits per heavy atom. The summed E-state index contributed by atoms with van der Waals surface area (Å²) in [5.74, 6) is -0.224. The second kappa shape index (κ2) is 7.95. The molecule has 0 radical (unpaired) electrons. The number of carbonyl (C=O) groups is 1. The minimum atomic E-state index is -0.224. The van der Waals surface area contributed by atoms with Gasteiger partial charge in [-0.2, -0.15) is 0 Å². The fourth-order valence-corrected chi connectivity index (χ4v) is 0.636. The zero-order chi connectivity index (χ0) is 9.23. The molecule has 0 aliphatic rings. The van der Waals surface area contributed by atoms with E-state index in [4.69, 9.17) is 4.74 Å². The molecular formula is C8H13NO3. The molecule has 0 atom stereocenters. The molecule has 0 heterocycles. The molecule has 0 bridgehead atoms. The zero-order valence-electron chi connectivity index (χ0n) is 7.21. The number of isocyanates is 1. The highest BCUT2D eigenvalue weighted by Gasteiger charge is 1.99. The van der Waals surface area contributed by atoms with E-state index < -0.39 is 0 Å². The van der Waals surface area contributed by atoms with Crippen LogP contribution in [0.4, 0.5) is 0 Å². The lowest BCUT2D eigenvalue weighted by Crippen LogP contribution is -2.05. The fourth-order valence-electron chi connectivity index (χ4n) is 0.636. The summed E-state index contributed by atoms with van der Waals surface area (Å²) in [5.41, 5.74) is 0. The summed E-state index contributed by atoms with van der Waals surface area (Å²) in [6.07, 6.45) is 3.12. The van der Waals surface area contributed by atoms with E-state index >= 15 is 0 Å². The van der Waals surface area contributed by atoms with Crippen LogP contribution in [0.2, 0.25) is 0 Å². The van der Waals surface area contributed by atoms with Gasteiger partial charge in [0.1, 0.15) is 0 Å². The van der Waals surface area contributed by atoms with Crippen LogP contribution >= 0.6 is 0 Å². The maximum absolute atomic E-state index is 10.8. The van der Waals surface area contributed by atoms with Crippen LogP contribution in [0.5, 0.6) is 0 Å². The van der Waals surface area contributed by atoms with Crippen molar-refractivity contribution in [2.45, 2.75) is 26.2 Å². The predicted molar refractivity (Wildman–Crippen MR) is 43.5 cm³/mol. The Kier molecular flexibility index (Phi) is 7.19. The van der Waals surface area contributed by atoms with Crippen LogP contribution in [0.1, 0.15) is 26.2 Å². The van der Waals surface area contributed by atoms with Gasteiger partial charge in [0.15, 0.2) is 0 Å². The van der Waals surface area contributed by atoms with Crippen molar-refractivity contribution in [2.75, 3.05) is 13.2 Å². The van der Waals surface area contributed by atoms with E-state index in [2.05, 4.69) is 4.99 Å². The Hall–Kier alpha value is -1.15. The van der Waals surface area contributed by atoms with Crippen molar-refractivity contribution in [2.24, 2.45) is 4.99 Å². The molecule has 0 aromatic rings. The number of aliphatic imine (C=N–C) groups is 1. The summed E-state index contributed by atoms with van der Waals surface area (Å²) in [4.78, 5) is 23.7. The first-order chi connectivity index (χ1) is 5.81. The van der Waals surface area contributed by atoms with Crippen LogP contribution in [-0.2, 0) is 14.3 Å². The SMILES string of the molecule is CCCOC(=O)CCCN=C=O. The molecule has 0 rings (SSSR count). The minimum Gasteiger partial charge on any atom is -0.466 e. The molecule has 0 unspecified atom stereocenters. The summed E-state index contributed by atoms with van der Waals surface area (Å²) in [7, 11) is 0. The molecule has 0 spiro atoms.